The summed E-state index contributed by atoms with van der Waals surface area (Å²) in [5.41, 5.74) is 0.127. The first kappa shape index (κ1) is 12.4. The van der Waals surface area contributed by atoms with E-state index in [2.05, 4.69) is 4.98 Å². The van der Waals surface area contributed by atoms with Crippen molar-refractivity contribution in [3.8, 4) is 0 Å². The molecular formula is C10H11NO4S2. The van der Waals surface area contributed by atoms with Crippen LogP contribution in [0.15, 0.2) is 23.4 Å². The lowest BCUT2D eigenvalue weighted by Crippen LogP contribution is -2.08. The molecule has 1 aromatic rings. The molecule has 5 nitrogen and oxygen atoms in total. The molecule has 92 valence electrons. The number of nitrogens with zero attached hydrogens (tertiary/aromatic N) is 1. The number of hydrogen-bond acceptors (Lipinski definition) is 5. The molecule has 1 saturated heterocycles. The van der Waals surface area contributed by atoms with E-state index in [1.807, 2.05) is 0 Å². The highest BCUT2D eigenvalue weighted by Crippen LogP contribution is 2.31. The van der Waals surface area contributed by atoms with E-state index in [9.17, 15) is 13.2 Å². The summed E-state index contributed by atoms with van der Waals surface area (Å²) < 4.78 is 22.6. The van der Waals surface area contributed by atoms with Crippen LogP contribution in [0.5, 0.6) is 0 Å². The number of pyridine rings is 1. The molecule has 1 fully saturated rings. The van der Waals surface area contributed by atoms with Crippen LogP contribution in [0.1, 0.15) is 16.8 Å². The summed E-state index contributed by atoms with van der Waals surface area (Å²) in [5.74, 6) is -0.755. The van der Waals surface area contributed by atoms with E-state index in [4.69, 9.17) is 5.11 Å². The average molecular weight is 273 g/mol. The molecule has 0 spiro atoms. The van der Waals surface area contributed by atoms with E-state index < -0.39 is 15.8 Å². The lowest BCUT2D eigenvalue weighted by molar-refractivity contribution is 0.0692. The standard InChI is InChI=1S/C10H11NO4S2/c12-10(13)8-2-1-4-11-9(8)16-7-3-5-17(14,15)6-7/h1-2,4,7H,3,5-6H2,(H,12,13). The molecule has 0 amide bonds. The number of carbonyl (C=O) groups is 1. The maximum Gasteiger partial charge on any atom is 0.338 e. The van der Waals surface area contributed by atoms with E-state index in [0.29, 0.717) is 11.4 Å². The van der Waals surface area contributed by atoms with Crippen molar-refractivity contribution in [3.63, 3.8) is 0 Å². The summed E-state index contributed by atoms with van der Waals surface area (Å²) in [6.07, 6.45) is 2.07. The minimum absolute atomic E-state index is 0.0898. The third-order valence-corrected chi connectivity index (χ3v) is 5.73. The van der Waals surface area contributed by atoms with E-state index in [1.165, 1.54) is 24.0 Å². The van der Waals surface area contributed by atoms with Gasteiger partial charge in [-0.15, -0.1) is 11.8 Å². The lowest BCUT2D eigenvalue weighted by atomic mass is 10.3. The Kier molecular flexibility index (Phi) is 3.39. The molecule has 0 bridgehead atoms. The van der Waals surface area contributed by atoms with Crippen molar-refractivity contribution < 1.29 is 18.3 Å². The Morgan fingerprint density at radius 1 is 1.53 bits per heavy atom. The molecule has 1 aliphatic heterocycles. The van der Waals surface area contributed by atoms with Gasteiger partial charge in [0, 0.05) is 11.4 Å². The molecule has 1 N–H and O–H groups in total. The highest BCUT2D eigenvalue weighted by atomic mass is 32.2. The molecule has 0 aliphatic carbocycles. The fourth-order valence-electron chi connectivity index (χ4n) is 1.66. The van der Waals surface area contributed by atoms with E-state index in [1.54, 1.807) is 6.07 Å². The third kappa shape index (κ3) is 2.98. The van der Waals surface area contributed by atoms with Crippen molar-refractivity contribution in [2.24, 2.45) is 0 Å². The average Bonchev–Trinajstić information content (AvgIpc) is 2.58. The lowest BCUT2D eigenvalue weighted by Gasteiger charge is -2.08. The Labute approximate surface area is 103 Å². The van der Waals surface area contributed by atoms with Crippen LogP contribution in [0, 0.1) is 0 Å². The topological polar surface area (TPSA) is 84.3 Å². The molecule has 0 aromatic carbocycles. The van der Waals surface area contributed by atoms with Crippen LogP contribution in [0.25, 0.3) is 0 Å². The zero-order chi connectivity index (χ0) is 12.5. The molecular weight excluding hydrogens is 262 g/mol. The third-order valence-electron chi connectivity index (χ3n) is 2.47. The van der Waals surface area contributed by atoms with Crippen molar-refractivity contribution in [2.45, 2.75) is 16.7 Å². The Morgan fingerprint density at radius 3 is 2.88 bits per heavy atom. The summed E-state index contributed by atoms with van der Waals surface area (Å²) in [5, 5.41) is 9.27. The summed E-state index contributed by atoms with van der Waals surface area (Å²) in [4.78, 5) is 14.9. The van der Waals surface area contributed by atoms with E-state index in [-0.39, 0.29) is 22.3 Å². The fourth-order valence-corrected chi connectivity index (χ4v) is 5.20. The molecule has 2 heterocycles. The molecule has 7 heteroatoms. The molecule has 1 unspecified atom stereocenters. The second-order valence-electron chi connectivity index (χ2n) is 3.80. The number of carboxylic acids is 1. The van der Waals surface area contributed by atoms with Gasteiger partial charge >= 0.3 is 5.97 Å². The van der Waals surface area contributed by atoms with Crippen LogP contribution in [-0.2, 0) is 9.84 Å². The summed E-state index contributed by atoms with van der Waals surface area (Å²) in [7, 11) is -2.94. The Hall–Kier alpha value is -1.08. The number of carboxylic acid groups (broad SMARTS) is 1. The number of hydrogen-bond donors (Lipinski definition) is 1. The first-order valence-electron chi connectivity index (χ1n) is 5.03. The van der Waals surface area contributed by atoms with Gasteiger partial charge in [0.1, 0.15) is 5.03 Å². The van der Waals surface area contributed by atoms with Gasteiger partial charge in [0.25, 0.3) is 0 Å². The summed E-state index contributed by atoms with van der Waals surface area (Å²) >= 11 is 1.24. The maximum atomic E-state index is 11.3. The van der Waals surface area contributed by atoms with Gasteiger partial charge in [-0.05, 0) is 18.6 Å². The minimum atomic E-state index is -2.94. The van der Waals surface area contributed by atoms with Crippen molar-refractivity contribution in [3.05, 3.63) is 23.9 Å². The van der Waals surface area contributed by atoms with Crippen molar-refractivity contribution in [1.29, 1.82) is 0 Å². The van der Waals surface area contributed by atoms with E-state index >= 15 is 0 Å². The molecule has 1 atom stereocenters. The summed E-state index contributed by atoms with van der Waals surface area (Å²) in [6.45, 7) is 0. The van der Waals surface area contributed by atoms with Gasteiger partial charge in [0.15, 0.2) is 9.84 Å². The van der Waals surface area contributed by atoms with Gasteiger partial charge in [-0.25, -0.2) is 18.2 Å². The van der Waals surface area contributed by atoms with Crippen LogP contribution in [0.2, 0.25) is 0 Å². The zero-order valence-electron chi connectivity index (χ0n) is 8.87. The molecule has 1 aromatic heterocycles. The number of thioether (sulfide) groups is 1. The van der Waals surface area contributed by atoms with Gasteiger partial charge in [-0.3, -0.25) is 0 Å². The monoisotopic (exact) mass is 273 g/mol. The van der Waals surface area contributed by atoms with E-state index in [0.717, 1.165) is 0 Å². The number of aromatic nitrogens is 1. The minimum Gasteiger partial charge on any atom is -0.478 e. The van der Waals surface area contributed by atoms with Crippen molar-refractivity contribution in [2.75, 3.05) is 11.5 Å². The number of aromatic carboxylic acids is 1. The Morgan fingerprint density at radius 2 is 2.29 bits per heavy atom. The van der Waals surface area contributed by atoms with Crippen LogP contribution in [-0.4, -0.2) is 41.2 Å². The highest BCUT2D eigenvalue weighted by molar-refractivity contribution is 8.01. The summed E-state index contributed by atoms with van der Waals surface area (Å²) in [6, 6.07) is 3.03. The van der Waals surface area contributed by atoms with Gasteiger partial charge in [0.05, 0.1) is 17.1 Å². The van der Waals surface area contributed by atoms with Crippen molar-refractivity contribution in [1.82, 2.24) is 4.98 Å². The Balaban J connectivity index is 2.17. The van der Waals surface area contributed by atoms with Crippen LogP contribution in [0.3, 0.4) is 0 Å². The maximum absolute atomic E-state index is 11.3. The van der Waals surface area contributed by atoms with Gasteiger partial charge in [-0.2, -0.15) is 0 Å². The van der Waals surface area contributed by atoms with Crippen LogP contribution in [0.4, 0.5) is 0 Å². The van der Waals surface area contributed by atoms with Crippen molar-refractivity contribution >= 4 is 27.6 Å². The first-order valence-corrected chi connectivity index (χ1v) is 7.73. The van der Waals surface area contributed by atoms with Gasteiger partial charge < -0.3 is 5.11 Å². The normalized spacial score (nSPS) is 22.5. The quantitative estimate of drug-likeness (QED) is 0.886. The first-order chi connectivity index (χ1) is 7.98. The Bertz CT molecular complexity index is 541. The predicted octanol–water partition coefficient (Wildman–Crippen LogP) is 1.06. The van der Waals surface area contributed by atoms with Gasteiger partial charge in [-0.1, -0.05) is 0 Å². The molecule has 0 radical (unpaired) electrons. The number of sulfone groups is 1. The molecule has 0 saturated carbocycles. The predicted molar refractivity (Wildman–Crippen MR) is 64.1 cm³/mol. The SMILES string of the molecule is O=C(O)c1cccnc1SC1CCS(=O)(=O)C1. The van der Waals surface area contributed by atoms with Crippen LogP contribution >= 0.6 is 11.8 Å². The van der Waals surface area contributed by atoms with Crippen LogP contribution < -0.4 is 0 Å². The van der Waals surface area contributed by atoms with Gasteiger partial charge in [0.2, 0.25) is 0 Å². The fraction of sp³-hybridized carbons (Fsp3) is 0.400. The highest BCUT2D eigenvalue weighted by Gasteiger charge is 2.29. The largest absolute Gasteiger partial charge is 0.478 e. The molecule has 1 aliphatic rings. The zero-order valence-corrected chi connectivity index (χ0v) is 10.5. The number of rotatable bonds is 3. The molecule has 2 rings (SSSR count). The second-order valence-corrected chi connectivity index (χ2v) is 7.32. The molecule has 17 heavy (non-hydrogen) atoms. The smallest absolute Gasteiger partial charge is 0.338 e. The second kappa shape index (κ2) is 4.66.